The number of rotatable bonds is 30. The molecule has 1 rings (SSSR count). The second kappa shape index (κ2) is 30.0. The highest BCUT2D eigenvalue weighted by Gasteiger charge is 2.04. The zero-order chi connectivity index (χ0) is 31.1. The molecule has 4 heteroatoms. The normalized spacial score (nSPS) is 11.8. The van der Waals surface area contributed by atoms with E-state index in [2.05, 4.69) is 31.2 Å². The Morgan fingerprint density at radius 3 is 1.70 bits per heavy atom. The summed E-state index contributed by atoms with van der Waals surface area (Å²) >= 11 is 0. The lowest BCUT2D eigenvalue weighted by Crippen LogP contribution is -2.01. The maximum atomic E-state index is 12.0. The van der Waals surface area contributed by atoms with E-state index in [1.54, 1.807) is 13.2 Å². The van der Waals surface area contributed by atoms with E-state index >= 15 is 0 Å². The summed E-state index contributed by atoms with van der Waals surface area (Å²) in [5.41, 5.74) is 2.50. The predicted molar refractivity (Wildman–Crippen MR) is 184 cm³/mol. The number of carbonyl (C=O) groups excluding carboxylic acids is 1. The average molecular weight is 599 g/mol. The van der Waals surface area contributed by atoms with Gasteiger partial charge in [-0.15, -0.1) is 0 Å². The second-order valence-electron chi connectivity index (χ2n) is 12.0. The Balaban J connectivity index is 1.93. The van der Waals surface area contributed by atoms with Crippen molar-refractivity contribution < 1.29 is 19.0 Å². The summed E-state index contributed by atoms with van der Waals surface area (Å²) in [6.45, 7) is 6.13. The highest BCUT2D eigenvalue weighted by molar-refractivity contribution is 5.82. The van der Waals surface area contributed by atoms with E-state index in [0.29, 0.717) is 13.2 Å². The first-order valence-electron chi connectivity index (χ1n) is 17.9. The van der Waals surface area contributed by atoms with Crippen molar-refractivity contribution in [3.05, 3.63) is 53.6 Å². The van der Waals surface area contributed by atoms with Crippen LogP contribution in [0, 0.1) is 0 Å². The van der Waals surface area contributed by atoms with E-state index in [9.17, 15) is 4.79 Å². The van der Waals surface area contributed by atoms with Crippen molar-refractivity contribution >= 4 is 5.97 Å². The van der Waals surface area contributed by atoms with Crippen molar-refractivity contribution in [2.24, 2.45) is 0 Å². The molecule has 0 aromatic heterocycles. The van der Waals surface area contributed by atoms with Gasteiger partial charge in [-0.1, -0.05) is 120 Å². The molecule has 0 amide bonds. The van der Waals surface area contributed by atoms with Gasteiger partial charge >= 0.3 is 5.97 Å². The fraction of sp³-hybridized carbons (Fsp3) is 0.718. The molecular weight excluding hydrogens is 532 g/mol. The van der Waals surface area contributed by atoms with Crippen molar-refractivity contribution in [3.8, 4) is 5.75 Å². The number of allylic oxidation sites excluding steroid dienone is 3. The molecule has 43 heavy (non-hydrogen) atoms. The zero-order valence-corrected chi connectivity index (χ0v) is 28.4. The van der Waals surface area contributed by atoms with Gasteiger partial charge < -0.3 is 14.2 Å². The summed E-state index contributed by atoms with van der Waals surface area (Å²) in [5, 5.41) is 0. The summed E-state index contributed by atoms with van der Waals surface area (Å²) < 4.78 is 16.2. The van der Waals surface area contributed by atoms with Crippen LogP contribution < -0.4 is 4.74 Å². The molecule has 246 valence electrons. The standard InChI is InChI=1S/C39H66O4/c1-4-6-7-8-18-21-24-27-36(34-39(40)43-5-2)28-25-22-19-16-14-12-10-9-11-13-15-17-20-23-26-33-42-35-37-29-31-38(41-3)32-30-37/h11,13,29-32,34H,4-10,12,14-28,33,35H2,1-3H3/b13-11-,36-34+. The molecule has 0 N–H and O–H groups in total. The van der Waals surface area contributed by atoms with Gasteiger partial charge in [0.2, 0.25) is 0 Å². The van der Waals surface area contributed by atoms with Gasteiger partial charge in [0.25, 0.3) is 0 Å². The van der Waals surface area contributed by atoms with E-state index < -0.39 is 0 Å². The Kier molecular flexibility index (Phi) is 27.2. The lowest BCUT2D eigenvalue weighted by atomic mass is 9.99. The number of carbonyl (C=O) groups is 1. The number of methoxy groups -OCH3 is 1. The highest BCUT2D eigenvalue weighted by atomic mass is 16.5. The Hall–Kier alpha value is -2.07. The summed E-state index contributed by atoms with van der Waals surface area (Å²) in [4.78, 5) is 12.0. The SMILES string of the molecule is CCCCCCCCC/C(=C\C(=O)OCC)CCCCCCCCC/C=C\CCCCCCOCc1ccc(OC)cc1. The Labute approximate surface area is 266 Å². The zero-order valence-electron chi connectivity index (χ0n) is 28.4. The van der Waals surface area contributed by atoms with Gasteiger partial charge in [-0.25, -0.2) is 4.79 Å². The molecule has 0 aliphatic rings. The topological polar surface area (TPSA) is 44.8 Å². The van der Waals surface area contributed by atoms with Gasteiger partial charge in [0.1, 0.15) is 5.75 Å². The summed E-state index contributed by atoms with van der Waals surface area (Å²) in [6, 6.07) is 8.10. The number of unbranched alkanes of at least 4 members (excludes halogenated alkanes) is 17. The minimum Gasteiger partial charge on any atom is -0.497 e. The number of hydrogen-bond donors (Lipinski definition) is 0. The molecule has 0 saturated heterocycles. The van der Waals surface area contributed by atoms with Crippen LogP contribution in [-0.2, 0) is 20.9 Å². The van der Waals surface area contributed by atoms with E-state index in [1.165, 1.54) is 133 Å². The first kappa shape index (κ1) is 39.0. The summed E-state index contributed by atoms with van der Waals surface area (Å²) in [6.07, 6.45) is 34.4. The van der Waals surface area contributed by atoms with Crippen LogP contribution in [0.3, 0.4) is 0 Å². The molecule has 0 saturated carbocycles. The lowest BCUT2D eigenvalue weighted by Gasteiger charge is -2.08. The van der Waals surface area contributed by atoms with Crippen LogP contribution in [0.2, 0.25) is 0 Å². The quantitative estimate of drug-likeness (QED) is 0.0382. The maximum absolute atomic E-state index is 12.0. The number of ether oxygens (including phenoxy) is 3. The maximum Gasteiger partial charge on any atom is 0.330 e. The molecule has 0 aliphatic carbocycles. The van der Waals surface area contributed by atoms with Crippen LogP contribution in [0.5, 0.6) is 5.75 Å². The van der Waals surface area contributed by atoms with Crippen LogP contribution >= 0.6 is 0 Å². The van der Waals surface area contributed by atoms with Gasteiger partial charge in [-0.3, -0.25) is 0 Å². The van der Waals surface area contributed by atoms with Crippen molar-refractivity contribution in [3.63, 3.8) is 0 Å². The summed E-state index contributed by atoms with van der Waals surface area (Å²) in [7, 11) is 1.69. The minimum absolute atomic E-state index is 0.155. The molecule has 1 aromatic carbocycles. The van der Waals surface area contributed by atoms with Gasteiger partial charge in [0, 0.05) is 12.7 Å². The van der Waals surface area contributed by atoms with Gasteiger partial charge in [0.05, 0.1) is 20.3 Å². The Morgan fingerprint density at radius 1 is 0.651 bits per heavy atom. The van der Waals surface area contributed by atoms with Crippen LogP contribution in [0.25, 0.3) is 0 Å². The third-order valence-electron chi connectivity index (χ3n) is 8.08. The molecule has 0 bridgehead atoms. The van der Waals surface area contributed by atoms with Gasteiger partial charge in [-0.2, -0.15) is 0 Å². The monoisotopic (exact) mass is 598 g/mol. The van der Waals surface area contributed by atoms with Crippen LogP contribution in [0.1, 0.15) is 161 Å². The van der Waals surface area contributed by atoms with Crippen LogP contribution in [-0.4, -0.2) is 26.3 Å². The molecule has 0 heterocycles. The van der Waals surface area contributed by atoms with Crippen LogP contribution in [0.15, 0.2) is 48.1 Å². The predicted octanol–water partition coefficient (Wildman–Crippen LogP) is 11.9. The van der Waals surface area contributed by atoms with E-state index in [4.69, 9.17) is 14.2 Å². The first-order chi connectivity index (χ1) is 21.2. The van der Waals surface area contributed by atoms with Crippen molar-refractivity contribution in [2.45, 2.75) is 162 Å². The Bertz CT molecular complexity index is 811. The largest absolute Gasteiger partial charge is 0.497 e. The van der Waals surface area contributed by atoms with Crippen molar-refractivity contribution in [1.82, 2.24) is 0 Å². The first-order valence-corrected chi connectivity index (χ1v) is 17.9. The van der Waals surface area contributed by atoms with E-state index in [1.807, 2.05) is 19.1 Å². The fourth-order valence-corrected chi connectivity index (χ4v) is 5.39. The third kappa shape index (κ3) is 25.0. The van der Waals surface area contributed by atoms with E-state index in [0.717, 1.165) is 31.6 Å². The molecular formula is C39H66O4. The summed E-state index contributed by atoms with van der Waals surface area (Å²) in [5.74, 6) is 0.735. The number of benzene rings is 1. The molecule has 0 unspecified atom stereocenters. The van der Waals surface area contributed by atoms with E-state index in [-0.39, 0.29) is 5.97 Å². The molecule has 0 aliphatic heterocycles. The molecule has 1 aromatic rings. The van der Waals surface area contributed by atoms with Crippen molar-refractivity contribution in [2.75, 3.05) is 20.3 Å². The number of esters is 1. The number of hydrogen-bond acceptors (Lipinski definition) is 4. The smallest absolute Gasteiger partial charge is 0.330 e. The molecule has 0 radical (unpaired) electrons. The van der Waals surface area contributed by atoms with Gasteiger partial charge in [0.15, 0.2) is 0 Å². The van der Waals surface area contributed by atoms with Crippen LogP contribution in [0.4, 0.5) is 0 Å². The molecule has 0 spiro atoms. The third-order valence-corrected chi connectivity index (χ3v) is 8.08. The minimum atomic E-state index is -0.155. The molecule has 4 nitrogen and oxygen atoms in total. The highest BCUT2D eigenvalue weighted by Crippen LogP contribution is 2.19. The van der Waals surface area contributed by atoms with Crippen molar-refractivity contribution in [1.29, 1.82) is 0 Å². The fourth-order valence-electron chi connectivity index (χ4n) is 5.39. The Morgan fingerprint density at radius 2 is 1.16 bits per heavy atom. The molecule has 0 fully saturated rings. The lowest BCUT2D eigenvalue weighted by molar-refractivity contribution is -0.137. The molecule has 0 atom stereocenters. The van der Waals surface area contributed by atoms with Gasteiger partial charge in [-0.05, 0) is 82.4 Å². The second-order valence-corrected chi connectivity index (χ2v) is 12.0. The average Bonchev–Trinajstić information content (AvgIpc) is 3.02.